The molecule has 0 radical (unpaired) electrons. The van der Waals surface area contributed by atoms with Crippen LogP contribution < -0.4 is 21.9 Å². The van der Waals surface area contributed by atoms with Gasteiger partial charge < -0.3 is 15.2 Å². The molecule has 1 saturated carbocycles. The molecule has 1 aliphatic heterocycles. The van der Waals surface area contributed by atoms with Crippen LogP contribution in [0.3, 0.4) is 0 Å². The van der Waals surface area contributed by atoms with Crippen LogP contribution in [0, 0.1) is 24.2 Å². The SMILES string of the molecule is C=C(C)CCC(C)(C)Cc1c(C)n(CC)c2ccc(-c3csc(CC(NC(=C)C(C4CCCC4)N4CCC(CNCC)C4)C(=C)CCCCNN)n3)cc12.CC. The highest BCUT2D eigenvalue weighted by Gasteiger charge is 2.37. The third-order valence-corrected chi connectivity index (χ3v) is 13.3. The number of fused-ring (bicyclic) bond motifs is 1. The van der Waals surface area contributed by atoms with Crippen molar-refractivity contribution in [1.82, 2.24) is 30.5 Å². The van der Waals surface area contributed by atoms with Crippen molar-refractivity contribution in [2.24, 2.45) is 23.1 Å². The maximum atomic E-state index is 5.60. The number of aromatic nitrogens is 2. The zero-order valence-corrected chi connectivity index (χ0v) is 37.6. The van der Waals surface area contributed by atoms with E-state index in [0.717, 1.165) is 94.9 Å². The van der Waals surface area contributed by atoms with E-state index in [1.165, 1.54) is 76.7 Å². The largest absolute Gasteiger partial charge is 0.381 e. The minimum atomic E-state index is 0.0862. The number of allylic oxidation sites excluding steroid dienone is 1. The Morgan fingerprint density at radius 1 is 1.07 bits per heavy atom. The molecule has 0 amide bonds. The van der Waals surface area contributed by atoms with Gasteiger partial charge >= 0.3 is 0 Å². The number of likely N-dealkylation sites (tertiary alicyclic amines) is 1. The maximum Gasteiger partial charge on any atom is 0.0956 e. The Balaban J connectivity index is 0.00000342. The van der Waals surface area contributed by atoms with E-state index >= 15 is 0 Å². The van der Waals surface area contributed by atoms with Crippen molar-refractivity contribution in [3.8, 4) is 11.3 Å². The predicted molar refractivity (Wildman–Crippen MR) is 245 cm³/mol. The van der Waals surface area contributed by atoms with E-state index in [-0.39, 0.29) is 11.5 Å². The van der Waals surface area contributed by atoms with Crippen LogP contribution in [0.15, 0.2) is 60.2 Å². The highest BCUT2D eigenvalue weighted by Crippen LogP contribution is 2.38. The molecule has 0 spiro atoms. The number of unbranched alkanes of at least 4 members (excludes halogenated alkanes) is 1. The van der Waals surface area contributed by atoms with Gasteiger partial charge in [0.05, 0.1) is 22.8 Å². The van der Waals surface area contributed by atoms with Crippen LogP contribution in [0.4, 0.5) is 0 Å². The number of benzene rings is 1. The first kappa shape index (κ1) is 45.9. The molecule has 1 aromatic carbocycles. The lowest BCUT2D eigenvalue weighted by Gasteiger charge is -2.37. The minimum absolute atomic E-state index is 0.0862. The molecule has 1 saturated heterocycles. The molecule has 7 nitrogen and oxygen atoms in total. The Morgan fingerprint density at radius 2 is 1.82 bits per heavy atom. The fourth-order valence-corrected chi connectivity index (χ4v) is 10.1. The highest BCUT2D eigenvalue weighted by molar-refractivity contribution is 7.10. The second-order valence-electron chi connectivity index (χ2n) is 17.4. The molecule has 2 aromatic heterocycles. The number of hydrogen-bond donors (Lipinski definition) is 4. The van der Waals surface area contributed by atoms with Gasteiger partial charge in [0.25, 0.3) is 0 Å². The number of thiazole rings is 1. The molecule has 312 valence electrons. The zero-order chi connectivity index (χ0) is 40.8. The van der Waals surface area contributed by atoms with Gasteiger partial charge in [0.2, 0.25) is 0 Å². The van der Waals surface area contributed by atoms with Gasteiger partial charge in [-0.1, -0.05) is 77.8 Å². The maximum absolute atomic E-state index is 5.60. The average molecular weight is 786 g/mol. The normalized spacial score (nSPS) is 17.6. The molecule has 1 aliphatic carbocycles. The first-order valence-electron chi connectivity index (χ1n) is 22.2. The summed E-state index contributed by atoms with van der Waals surface area (Å²) in [5.74, 6) is 6.98. The highest BCUT2D eigenvalue weighted by atomic mass is 32.1. The van der Waals surface area contributed by atoms with Gasteiger partial charge in [-0.15, -0.1) is 17.9 Å². The number of hydrogen-bond acceptors (Lipinski definition) is 7. The lowest BCUT2D eigenvalue weighted by Crippen LogP contribution is -2.46. The molecule has 2 fully saturated rings. The Bertz CT molecular complexity index is 1690. The summed E-state index contributed by atoms with van der Waals surface area (Å²) in [5.41, 5.74) is 13.1. The third-order valence-electron chi connectivity index (χ3n) is 12.4. The molecule has 5 N–H and O–H groups in total. The molecule has 5 rings (SSSR count). The van der Waals surface area contributed by atoms with Crippen LogP contribution in [-0.4, -0.2) is 59.3 Å². The van der Waals surface area contributed by atoms with Crippen molar-refractivity contribution < 1.29 is 0 Å². The van der Waals surface area contributed by atoms with E-state index < -0.39 is 0 Å². The number of nitrogens with one attached hydrogen (secondary N) is 3. The number of nitrogens with two attached hydrogens (primary N) is 1. The van der Waals surface area contributed by atoms with E-state index in [1.807, 2.05) is 13.8 Å². The first-order chi connectivity index (χ1) is 26.9. The fourth-order valence-electron chi connectivity index (χ4n) is 9.24. The van der Waals surface area contributed by atoms with E-state index in [1.54, 1.807) is 11.3 Å². The smallest absolute Gasteiger partial charge is 0.0956 e. The van der Waals surface area contributed by atoms with E-state index in [0.29, 0.717) is 17.9 Å². The van der Waals surface area contributed by atoms with Crippen molar-refractivity contribution in [2.45, 2.75) is 151 Å². The second kappa shape index (κ2) is 22.4. The van der Waals surface area contributed by atoms with E-state index in [9.17, 15) is 0 Å². The molecule has 2 aliphatic rings. The van der Waals surface area contributed by atoms with Gasteiger partial charge in [-0.25, -0.2) is 4.98 Å². The van der Waals surface area contributed by atoms with E-state index in [2.05, 4.69) is 104 Å². The van der Waals surface area contributed by atoms with Crippen LogP contribution in [-0.2, 0) is 19.4 Å². The second-order valence-corrected chi connectivity index (χ2v) is 18.3. The summed E-state index contributed by atoms with van der Waals surface area (Å²) < 4.78 is 2.48. The molecule has 3 atom stereocenters. The van der Waals surface area contributed by atoms with Crippen molar-refractivity contribution in [2.75, 3.05) is 32.7 Å². The monoisotopic (exact) mass is 786 g/mol. The van der Waals surface area contributed by atoms with Crippen molar-refractivity contribution >= 4 is 22.2 Å². The first-order valence-corrected chi connectivity index (χ1v) is 23.0. The lowest BCUT2D eigenvalue weighted by atomic mass is 9.80. The summed E-state index contributed by atoms with van der Waals surface area (Å²) in [7, 11) is 0. The van der Waals surface area contributed by atoms with Gasteiger partial charge in [0.1, 0.15) is 0 Å². The van der Waals surface area contributed by atoms with Gasteiger partial charge in [-0.3, -0.25) is 16.2 Å². The minimum Gasteiger partial charge on any atom is -0.381 e. The third kappa shape index (κ3) is 12.4. The average Bonchev–Trinajstić information content (AvgIpc) is 4.01. The van der Waals surface area contributed by atoms with Gasteiger partial charge in [-0.2, -0.15) is 0 Å². The summed E-state index contributed by atoms with van der Waals surface area (Å²) in [5, 5.41) is 12.4. The van der Waals surface area contributed by atoms with Gasteiger partial charge in [0, 0.05) is 59.3 Å². The summed E-state index contributed by atoms with van der Waals surface area (Å²) in [6.45, 7) is 37.6. The Kier molecular flexibility index (Phi) is 18.4. The van der Waals surface area contributed by atoms with Crippen molar-refractivity contribution in [3.05, 3.63) is 76.4 Å². The van der Waals surface area contributed by atoms with Crippen molar-refractivity contribution in [3.63, 3.8) is 0 Å². The van der Waals surface area contributed by atoms with Crippen LogP contribution in [0.1, 0.15) is 129 Å². The molecule has 0 bridgehead atoms. The zero-order valence-electron chi connectivity index (χ0n) is 36.8. The van der Waals surface area contributed by atoms with Crippen LogP contribution in [0.2, 0.25) is 0 Å². The summed E-state index contributed by atoms with van der Waals surface area (Å²) in [6, 6.07) is 7.46. The number of aryl methyl sites for hydroxylation is 1. The predicted octanol–water partition coefficient (Wildman–Crippen LogP) is 10.7. The molecule has 3 heterocycles. The molecule has 8 heteroatoms. The van der Waals surface area contributed by atoms with E-state index in [4.69, 9.17) is 17.4 Å². The number of nitrogens with zero attached hydrogens (tertiary/aromatic N) is 3. The van der Waals surface area contributed by atoms with Crippen LogP contribution >= 0.6 is 11.3 Å². The molecule has 3 unspecified atom stereocenters. The molecule has 56 heavy (non-hydrogen) atoms. The van der Waals surface area contributed by atoms with Gasteiger partial charge in [0.15, 0.2) is 0 Å². The lowest BCUT2D eigenvalue weighted by molar-refractivity contribution is 0.189. The molecular weight excluding hydrogens is 707 g/mol. The Morgan fingerprint density at radius 3 is 2.50 bits per heavy atom. The number of rotatable bonds is 23. The summed E-state index contributed by atoms with van der Waals surface area (Å²) >= 11 is 1.78. The molecular formula is C48H79N7S. The molecule has 3 aromatic rings. The quantitative estimate of drug-likeness (QED) is 0.0332. The number of hydrazine groups is 1. The standard InChI is InChI=1S/C46H73N7S.C2H6/c1-10-48-29-36-22-25-52(30-36)45(37-17-12-13-18-37)34(6)50-41(33(5)16-14-15-24-49-47)27-44-51-42(31-54-44)38-19-20-43-39(26-38)40(35(7)53(43)11-2)28-46(8,9)23-21-32(3)4;1-2/h19-20,26,31,36-37,41,45,48-50H,3,5-6,10-18,21-25,27-30,47H2,1-2,4,7-9H3;1-2H3. The Hall–Kier alpha value is -2.75. The van der Waals surface area contributed by atoms with Crippen LogP contribution in [0.25, 0.3) is 22.2 Å². The van der Waals surface area contributed by atoms with Crippen LogP contribution in [0.5, 0.6) is 0 Å². The summed E-state index contributed by atoms with van der Waals surface area (Å²) in [6.07, 6.45) is 13.7. The summed E-state index contributed by atoms with van der Waals surface area (Å²) in [4.78, 5) is 8.07. The van der Waals surface area contributed by atoms with Gasteiger partial charge in [-0.05, 0) is 133 Å². The fraction of sp³-hybridized carbons (Fsp3) is 0.646. The Labute approximate surface area is 346 Å². The van der Waals surface area contributed by atoms with Crippen molar-refractivity contribution in [1.29, 1.82) is 0 Å². The topological polar surface area (TPSA) is 83.2 Å².